The molecule has 1 aliphatic rings. The summed E-state index contributed by atoms with van der Waals surface area (Å²) in [4.78, 5) is 27.4. The van der Waals surface area contributed by atoms with Crippen LogP contribution in [-0.2, 0) is 21.9 Å². The van der Waals surface area contributed by atoms with Crippen molar-refractivity contribution in [1.29, 1.82) is 0 Å². The molecule has 1 aliphatic carbocycles. The number of hydrogen-bond acceptors (Lipinski definition) is 3. The Labute approximate surface area is 192 Å². The predicted octanol–water partition coefficient (Wildman–Crippen LogP) is 5.06. The Kier molecular flexibility index (Phi) is 9.09. The molecule has 4 nitrogen and oxygen atoms in total. The fourth-order valence-electron chi connectivity index (χ4n) is 3.91. The molecule has 0 heterocycles. The minimum Gasteiger partial charge on any atom is -0.352 e. The number of rotatable bonds is 9. The molecule has 0 radical (unpaired) electrons. The predicted molar refractivity (Wildman–Crippen MR) is 124 cm³/mol. The summed E-state index contributed by atoms with van der Waals surface area (Å²) in [7, 11) is 0. The number of halogens is 2. The number of nitrogens with one attached hydrogen (secondary N) is 1. The van der Waals surface area contributed by atoms with Gasteiger partial charge in [-0.15, -0.1) is 11.8 Å². The monoisotopic (exact) mass is 460 g/mol. The van der Waals surface area contributed by atoms with Gasteiger partial charge in [-0.25, -0.2) is 8.78 Å². The summed E-state index contributed by atoms with van der Waals surface area (Å²) in [5, 5.41) is 3.06. The molecule has 0 saturated heterocycles. The van der Waals surface area contributed by atoms with Gasteiger partial charge in [0.15, 0.2) is 0 Å². The molecule has 0 spiro atoms. The first-order valence-electron chi connectivity index (χ1n) is 11.1. The number of thioether (sulfide) groups is 1. The zero-order chi connectivity index (χ0) is 22.9. The van der Waals surface area contributed by atoms with Crippen LogP contribution in [0.2, 0.25) is 0 Å². The van der Waals surface area contributed by atoms with Crippen molar-refractivity contribution in [1.82, 2.24) is 10.2 Å². The molecule has 0 aromatic heterocycles. The van der Waals surface area contributed by atoms with E-state index in [9.17, 15) is 18.4 Å². The summed E-state index contributed by atoms with van der Waals surface area (Å²) in [5.41, 5.74) is 0.881. The Hall–Kier alpha value is -2.41. The maximum absolute atomic E-state index is 14.3. The summed E-state index contributed by atoms with van der Waals surface area (Å²) in [6.07, 6.45) is 5.24. The number of hydrogen-bond donors (Lipinski definition) is 1. The lowest BCUT2D eigenvalue weighted by atomic mass is 9.95. The topological polar surface area (TPSA) is 49.4 Å². The highest BCUT2D eigenvalue weighted by molar-refractivity contribution is 7.99. The first-order chi connectivity index (χ1) is 15.5. The van der Waals surface area contributed by atoms with Gasteiger partial charge in [0.05, 0.1) is 5.75 Å². The van der Waals surface area contributed by atoms with Crippen molar-refractivity contribution in [3.8, 4) is 0 Å². The van der Waals surface area contributed by atoms with Gasteiger partial charge in [-0.2, -0.15) is 0 Å². The van der Waals surface area contributed by atoms with Gasteiger partial charge in [-0.1, -0.05) is 55.7 Å². The van der Waals surface area contributed by atoms with Gasteiger partial charge in [-0.05, 0) is 37.5 Å². The lowest BCUT2D eigenvalue weighted by Crippen LogP contribution is -2.51. The SMILES string of the molecule is C[C@H](C(=O)NC1CCCCC1)N(Cc1ccccc1F)C(=O)CSCc1ccccc1F. The second-order valence-corrected chi connectivity index (χ2v) is 9.20. The van der Waals surface area contributed by atoms with Crippen molar-refractivity contribution in [3.63, 3.8) is 0 Å². The smallest absolute Gasteiger partial charge is 0.242 e. The maximum atomic E-state index is 14.3. The highest BCUT2D eigenvalue weighted by Crippen LogP contribution is 2.20. The number of nitrogens with zero attached hydrogens (tertiary/aromatic N) is 1. The summed E-state index contributed by atoms with van der Waals surface area (Å²) in [6.45, 7) is 1.68. The van der Waals surface area contributed by atoms with E-state index < -0.39 is 11.9 Å². The van der Waals surface area contributed by atoms with Crippen LogP contribution in [0.15, 0.2) is 48.5 Å². The van der Waals surface area contributed by atoms with E-state index in [1.807, 2.05) is 0 Å². The summed E-state index contributed by atoms with van der Waals surface area (Å²) in [5.74, 6) is -0.806. The van der Waals surface area contributed by atoms with Crippen LogP contribution in [0.4, 0.5) is 8.78 Å². The van der Waals surface area contributed by atoms with E-state index >= 15 is 0 Å². The van der Waals surface area contributed by atoms with Gasteiger partial charge in [-0.3, -0.25) is 9.59 Å². The Balaban J connectivity index is 1.67. The molecule has 3 rings (SSSR count). The van der Waals surface area contributed by atoms with E-state index in [1.165, 1.54) is 35.2 Å². The van der Waals surface area contributed by atoms with Crippen molar-refractivity contribution in [3.05, 3.63) is 71.3 Å². The maximum Gasteiger partial charge on any atom is 0.242 e. The van der Waals surface area contributed by atoms with Crippen molar-refractivity contribution in [2.75, 3.05) is 5.75 Å². The average Bonchev–Trinajstić information content (AvgIpc) is 2.80. The molecule has 2 aromatic rings. The Bertz CT molecular complexity index is 918. The zero-order valence-corrected chi connectivity index (χ0v) is 19.2. The second kappa shape index (κ2) is 12.0. The van der Waals surface area contributed by atoms with E-state index in [1.54, 1.807) is 43.3 Å². The molecule has 2 amide bonds. The van der Waals surface area contributed by atoms with E-state index in [-0.39, 0.29) is 36.0 Å². The number of carbonyl (C=O) groups excluding carboxylic acids is 2. The fraction of sp³-hybridized carbons (Fsp3) is 0.440. The molecule has 0 bridgehead atoms. The molecule has 1 N–H and O–H groups in total. The van der Waals surface area contributed by atoms with E-state index in [2.05, 4.69) is 5.32 Å². The van der Waals surface area contributed by atoms with Gasteiger partial charge >= 0.3 is 0 Å². The van der Waals surface area contributed by atoms with Crippen LogP contribution in [0.1, 0.15) is 50.2 Å². The molecular weight excluding hydrogens is 430 g/mol. The van der Waals surface area contributed by atoms with Crippen LogP contribution in [0.25, 0.3) is 0 Å². The van der Waals surface area contributed by atoms with Crippen LogP contribution in [0.3, 0.4) is 0 Å². The third-order valence-corrected chi connectivity index (χ3v) is 6.82. The van der Waals surface area contributed by atoms with Gasteiger partial charge in [0, 0.05) is 23.9 Å². The van der Waals surface area contributed by atoms with Gasteiger partial charge < -0.3 is 10.2 Å². The Morgan fingerprint density at radius 1 is 1.00 bits per heavy atom. The van der Waals surface area contributed by atoms with Crippen molar-refractivity contribution < 1.29 is 18.4 Å². The van der Waals surface area contributed by atoms with Crippen LogP contribution in [-0.4, -0.2) is 34.6 Å². The third kappa shape index (κ3) is 6.79. The number of amides is 2. The molecule has 7 heteroatoms. The van der Waals surface area contributed by atoms with Crippen LogP contribution < -0.4 is 5.32 Å². The van der Waals surface area contributed by atoms with Gasteiger partial charge in [0.25, 0.3) is 0 Å². The van der Waals surface area contributed by atoms with E-state index in [4.69, 9.17) is 0 Å². The van der Waals surface area contributed by atoms with Crippen molar-refractivity contribution in [2.45, 2.75) is 63.4 Å². The van der Waals surface area contributed by atoms with Crippen molar-refractivity contribution >= 4 is 23.6 Å². The largest absolute Gasteiger partial charge is 0.352 e. The highest BCUT2D eigenvalue weighted by Gasteiger charge is 2.28. The van der Waals surface area contributed by atoms with E-state index in [0.29, 0.717) is 16.9 Å². The summed E-state index contributed by atoms with van der Waals surface area (Å²) in [6, 6.07) is 12.1. The molecule has 1 atom stereocenters. The quantitative estimate of drug-likeness (QED) is 0.569. The molecule has 0 unspecified atom stereocenters. The Morgan fingerprint density at radius 3 is 2.22 bits per heavy atom. The highest BCUT2D eigenvalue weighted by atomic mass is 32.2. The lowest BCUT2D eigenvalue weighted by molar-refractivity contribution is -0.139. The minimum absolute atomic E-state index is 0.00498. The van der Waals surface area contributed by atoms with E-state index in [0.717, 1.165) is 25.7 Å². The van der Waals surface area contributed by atoms with Crippen molar-refractivity contribution in [2.24, 2.45) is 0 Å². The van der Waals surface area contributed by atoms with Crippen LogP contribution in [0.5, 0.6) is 0 Å². The summed E-state index contributed by atoms with van der Waals surface area (Å²) >= 11 is 1.28. The molecule has 172 valence electrons. The standard InChI is InChI=1S/C25H30F2N2O2S/c1-18(25(31)28-21-11-3-2-4-12-21)29(15-19-9-5-7-13-22(19)26)24(30)17-32-16-20-10-6-8-14-23(20)27/h5-10,13-14,18,21H,2-4,11-12,15-17H2,1H3,(H,28,31)/t18-/m1/s1. The number of benzene rings is 2. The minimum atomic E-state index is -0.738. The van der Waals surface area contributed by atoms with Gasteiger partial charge in [0.1, 0.15) is 17.7 Å². The second-order valence-electron chi connectivity index (χ2n) is 8.22. The fourth-order valence-corrected chi connectivity index (χ4v) is 4.80. The third-order valence-electron chi connectivity index (χ3n) is 5.86. The zero-order valence-electron chi connectivity index (χ0n) is 18.4. The summed E-state index contributed by atoms with van der Waals surface area (Å²) < 4.78 is 28.1. The molecule has 1 saturated carbocycles. The molecule has 32 heavy (non-hydrogen) atoms. The first kappa shape index (κ1) is 24.2. The van der Waals surface area contributed by atoms with Gasteiger partial charge in [0.2, 0.25) is 11.8 Å². The normalized spacial score (nSPS) is 15.2. The molecule has 0 aliphatic heterocycles. The Morgan fingerprint density at radius 2 is 1.59 bits per heavy atom. The van der Waals surface area contributed by atoms with Crippen LogP contribution in [0, 0.1) is 11.6 Å². The number of carbonyl (C=O) groups is 2. The molecule has 1 fully saturated rings. The lowest BCUT2D eigenvalue weighted by Gasteiger charge is -2.31. The van der Waals surface area contributed by atoms with Crippen LogP contribution >= 0.6 is 11.8 Å². The average molecular weight is 461 g/mol. The molecular formula is C25H30F2N2O2S. The first-order valence-corrected chi connectivity index (χ1v) is 12.3. The molecule has 2 aromatic carbocycles.